The van der Waals surface area contributed by atoms with Crippen LogP contribution in [0.25, 0.3) is 0 Å². The van der Waals surface area contributed by atoms with Gasteiger partial charge in [0, 0.05) is 36.6 Å². The molecule has 0 saturated carbocycles. The van der Waals surface area contributed by atoms with E-state index in [1.54, 1.807) is 22.7 Å². The number of carbonyl (C=O) groups is 2. The molecule has 1 atom stereocenters. The molecule has 30 heavy (non-hydrogen) atoms. The van der Waals surface area contributed by atoms with Crippen LogP contribution >= 0.6 is 11.3 Å². The van der Waals surface area contributed by atoms with Crippen LogP contribution in [-0.4, -0.2) is 39.3 Å². The average molecular weight is 422 g/mol. The van der Waals surface area contributed by atoms with E-state index in [-0.39, 0.29) is 11.8 Å². The Labute approximate surface area is 179 Å². The van der Waals surface area contributed by atoms with Crippen LogP contribution in [0.3, 0.4) is 0 Å². The molecule has 2 aromatic heterocycles. The Kier molecular flexibility index (Phi) is 6.34. The highest BCUT2D eigenvalue weighted by Gasteiger charge is 2.33. The van der Waals surface area contributed by atoms with Crippen molar-refractivity contribution in [3.8, 4) is 0 Å². The molecule has 0 spiro atoms. The number of likely N-dealkylation sites (tertiary alicyclic amines) is 1. The highest BCUT2D eigenvalue weighted by atomic mass is 32.1. The van der Waals surface area contributed by atoms with Gasteiger partial charge in [0.1, 0.15) is 11.7 Å². The first kappa shape index (κ1) is 20.0. The van der Waals surface area contributed by atoms with Gasteiger partial charge in [-0.2, -0.15) is 0 Å². The van der Waals surface area contributed by atoms with Gasteiger partial charge in [-0.1, -0.05) is 24.3 Å². The lowest BCUT2D eigenvalue weighted by Gasteiger charge is -2.34. The fourth-order valence-corrected chi connectivity index (χ4v) is 4.18. The number of pyridine rings is 1. The molecule has 7 nitrogen and oxygen atoms in total. The topological polar surface area (TPSA) is 87.2 Å². The number of piperidine rings is 1. The number of anilines is 2. The number of carbonyl (C=O) groups excluding carboxylic acids is 2. The molecule has 1 aromatic carbocycles. The van der Waals surface area contributed by atoms with Crippen LogP contribution in [0.15, 0.2) is 60.2 Å². The highest BCUT2D eigenvalue weighted by Crippen LogP contribution is 2.24. The summed E-state index contributed by atoms with van der Waals surface area (Å²) in [5, 5.41) is 8.54. The number of benzene rings is 1. The quantitative estimate of drug-likeness (QED) is 0.635. The van der Waals surface area contributed by atoms with Crippen LogP contribution in [0, 0.1) is 0 Å². The van der Waals surface area contributed by atoms with Gasteiger partial charge in [-0.05, 0) is 43.0 Å². The van der Waals surface area contributed by atoms with Crippen molar-refractivity contribution in [3.05, 3.63) is 71.5 Å². The van der Waals surface area contributed by atoms with Crippen LogP contribution in [0.5, 0.6) is 0 Å². The minimum atomic E-state index is -0.477. The van der Waals surface area contributed by atoms with Gasteiger partial charge in [0.2, 0.25) is 5.91 Å². The summed E-state index contributed by atoms with van der Waals surface area (Å²) >= 11 is 1.38. The third-order valence-corrected chi connectivity index (χ3v) is 5.76. The summed E-state index contributed by atoms with van der Waals surface area (Å²) in [4.78, 5) is 36.1. The maximum absolute atomic E-state index is 13.1. The van der Waals surface area contributed by atoms with Crippen LogP contribution in [-0.2, 0) is 11.3 Å². The van der Waals surface area contributed by atoms with Gasteiger partial charge < -0.3 is 15.5 Å². The van der Waals surface area contributed by atoms with E-state index in [1.807, 2.05) is 42.5 Å². The van der Waals surface area contributed by atoms with E-state index in [9.17, 15) is 9.59 Å². The summed E-state index contributed by atoms with van der Waals surface area (Å²) < 4.78 is 0. The van der Waals surface area contributed by atoms with Crippen molar-refractivity contribution in [2.75, 3.05) is 11.9 Å². The lowest BCUT2D eigenvalue weighted by Crippen LogP contribution is -2.51. The van der Waals surface area contributed by atoms with E-state index in [0.717, 1.165) is 24.1 Å². The van der Waals surface area contributed by atoms with Crippen molar-refractivity contribution in [1.82, 2.24) is 20.2 Å². The van der Waals surface area contributed by atoms with Crippen molar-refractivity contribution in [1.29, 1.82) is 0 Å². The second kappa shape index (κ2) is 9.49. The molecule has 1 aliphatic heterocycles. The molecular weight excluding hydrogens is 398 g/mol. The molecule has 1 fully saturated rings. The van der Waals surface area contributed by atoms with Crippen molar-refractivity contribution in [2.45, 2.75) is 31.8 Å². The first-order valence-electron chi connectivity index (χ1n) is 9.96. The van der Waals surface area contributed by atoms with E-state index in [0.29, 0.717) is 30.3 Å². The number of nitrogens with one attached hydrogen (secondary N) is 2. The maximum atomic E-state index is 13.1. The molecule has 154 valence electrons. The maximum Gasteiger partial charge on any atom is 0.274 e. The number of hydrogen-bond acceptors (Lipinski definition) is 6. The summed E-state index contributed by atoms with van der Waals surface area (Å²) in [5.41, 5.74) is 2.21. The molecule has 0 bridgehead atoms. The molecule has 3 heterocycles. The van der Waals surface area contributed by atoms with Crippen molar-refractivity contribution in [3.63, 3.8) is 0 Å². The smallest absolute Gasteiger partial charge is 0.274 e. The van der Waals surface area contributed by atoms with E-state index < -0.39 is 6.04 Å². The zero-order valence-electron chi connectivity index (χ0n) is 16.5. The van der Waals surface area contributed by atoms with Gasteiger partial charge in [0.25, 0.3) is 5.91 Å². The Balaban J connectivity index is 1.42. The fourth-order valence-electron chi connectivity index (χ4n) is 3.48. The van der Waals surface area contributed by atoms with E-state index >= 15 is 0 Å². The van der Waals surface area contributed by atoms with Crippen molar-refractivity contribution < 1.29 is 9.59 Å². The molecular formula is C22H23N5O2S. The molecule has 2 N–H and O–H groups in total. The number of hydrogen-bond donors (Lipinski definition) is 2. The minimum absolute atomic E-state index is 0.134. The number of rotatable bonds is 6. The Morgan fingerprint density at radius 2 is 2.00 bits per heavy atom. The van der Waals surface area contributed by atoms with Crippen LogP contribution < -0.4 is 10.6 Å². The first-order valence-corrected chi connectivity index (χ1v) is 10.8. The molecule has 0 unspecified atom stereocenters. The monoisotopic (exact) mass is 421 g/mol. The molecule has 1 saturated heterocycles. The molecule has 1 aliphatic rings. The molecule has 0 radical (unpaired) electrons. The second-order valence-corrected chi connectivity index (χ2v) is 7.98. The number of amides is 2. The van der Waals surface area contributed by atoms with Crippen LogP contribution in [0.2, 0.25) is 0 Å². The van der Waals surface area contributed by atoms with Crippen LogP contribution in [0.4, 0.5) is 10.8 Å². The number of para-hydroxylation sites is 1. The fraction of sp³-hybridized carbons (Fsp3) is 0.273. The minimum Gasteiger partial charge on any atom is -0.350 e. The lowest BCUT2D eigenvalue weighted by molar-refractivity contribution is -0.126. The van der Waals surface area contributed by atoms with E-state index in [2.05, 4.69) is 20.6 Å². The normalized spacial score (nSPS) is 16.1. The summed E-state index contributed by atoms with van der Waals surface area (Å²) in [6.07, 6.45) is 5.89. The Bertz CT molecular complexity index is 993. The highest BCUT2D eigenvalue weighted by molar-refractivity contribution is 7.14. The van der Waals surface area contributed by atoms with E-state index in [1.165, 1.54) is 11.3 Å². The number of thiazole rings is 1. The Hall–Kier alpha value is -3.26. The Morgan fingerprint density at radius 1 is 1.13 bits per heavy atom. The van der Waals surface area contributed by atoms with Crippen molar-refractivity contribution in [2.24, 2.45) is 0 Å². The van der Waals surface area contributed by atoms with Gasteiger partial charge in [-0.15, -0.1) is 11.3 Å². The van der Waals surface area contributed by atoms with Crippen LogP contribution in [0.1, 0.15) is 35.3 Å². The summed E-state index contributed by atoms with van der Waals surface area (Å²) in [5.74, 6) is -0.335. The predicted octanol–water partition coefficient (Wildman–Crippen LogP) is 3.59. The van der Waals surface area contributed by atoms with E-state index in [4.69, 9.17) is 0 Å². The molecule has 2 amide bonds. The second-order valence-electron chi connectivity index (χ2n) is 7.12. The third-order valence-electron chi connectivity index (χ3n) is 5.00. The first-order chi connectivity index (χ1) is 14.7. The van der Waals surface area contributed by atoms with Gasteiger partial charge >= 0.3 is 0 Å². The third kappa shape index (κ3) is 4.83. The molecule has 8 heteroatoms. The molecule has 4 rings (SSSR count). The molecule has 3 aromatic rings. The Morgan fingerprint density at radius 3 is 2.80 bits per heavy atom. The SMILES string of the molecule is O=C(NCc1cccnc1)[C@@H]1CCCCN1C(=O)c1csc(Nc2ccccc2)n1. The summed E-state index contributed by atoms with van der Waals surface area (Å²) in [7, 11) is 0. The summed E-state index contributed by atoms with van der Waals surface area (Å²) in [6.45, 7) is 0.954. The lowest BCUT2D eigenvalue weighted by atomic mass is 10.0. The standard InChI is InChI=1S/C22H23N5O2S/c28-20(24-14-16-7-6-11-23-13-16)19-10-4-5-12-27(19)21(29)18-15-30-22(26-18)25-17-8-2-1-3-9-17/h1-3,6-9,11,13,15,19H,4-5,10,12,14H2,(H,24,28)(H,25,26)/t19-/m0/s1. The van der Waals surface area contributed by atoms with Gasteiger partial charge in [-0.25, -0.2) is 4.98 Å². The predicted molar refractivity (Wildman–Crippen MR) is 117 cm³/mol. The number of aromatic nitrogens is 2. The van der Waals surface area contributed by atoms with Gasteiger partial charge in [-0.3, -0.25) is 14.6 Å². The summed E-state index contributed by atoms with van der Waals surface area (Å²) in [6, 6.07) is 13.0. The number of nitrogens with zero attached hydrogens (tertiary/aromatic N) is 3. The van der Waals surface area contributed by atoms with Gasteiger partial charge in [0.15, 0.2) is 5.13 Å². The zero-order valence-corrected chi connectivity index (χ0v) is 17.3. The van der Waals surface area contributed by atoms with Gasteiger partial charge in [0.05, 0.1) is 0 Å². The zero-order chi connectivity index (χ0) is 20.8. The molecule has 0 aliphatic carbocycles. The largest absolute Gasteiger partial charge is 0.350 e. The van der Waals surface area contributed by atoms with Crippen molar-refractivity contribution >= 4 is 34.0 Å². The average Bonchev–Trinajstić information content (AvgIpc) is 3.27.